The molecule has 0 amide bonds. The molecule has 3 heteroatoms. The Morgan fingerprint density at radius 3 is 2.47 bits per heavy atom. The third kappa shape index (κ3) is 8.43. The van der Waals surface area contributed by atoms with Gasteiger partial charge in [-0.25, -0.2) is 4.79 Å². The van der Waals surface area contributed by atoms with Crippen molar-refractivity contribution < 1.29 is 14.6 Å². The van der Waals surface area contributed by atoms with Crippen molar-refractivity contribution in [2.75, 3.05) is 13.2 Å². The van der Waals surface area contributed by atoms with E-state index in [2.05, 4.69) is 13.8 Å². The van der Waals surface area contributed by atoms with Gasteiger partial charge in [0.05, 0.1) is 6.61 Å². The Kier molecular flexibility index (Phi) is 9.59. The van der Waals surface area contributed by atoms with E-state index in [1.807, 2.05) is 0 Å². The number of carbonyl (C=O) groups excluding carboxylic acids is 1. The summed E-state index contributed by atoms with van der Waals surface area (Å²) in [7, 11) is 0. The molecule has 0 saturated heterocycles. The minimum absolute atomic E-state index is 0.469. The van der Waals surface area contributed by atoms with Crippen LogP contribution in [-0.2, 0) is 9.53 Å². The van der Waals surface area contributed by atoms with Gasteiger partial charge in [0, 0.05) is 0 Å². The molecular weight excluding hydrogens is 192 g/mol. The van der Waals surface area contributed by atoms with E-state index in [9.17, 15) is 4.79 Å². The minimum Gasteiger partial charge on any atom is -0.464 e. The maximum atomic E-state index is 10.8. The summed E-state index contributed by atoms with van der Waals surface area (Å²) in [5.41, 5.74) is 0. The second-order valence-corrected chi connectivity index (χ2v) is 3.99. The number of ether oxygens (including phenoxy) is 1. The van der Waals surface area contributed by atoms with E-state index in [1.165, 1.54) is 19.3 Å². The van der Waals surface area contributed by atoms with Crippen molar-refractivity contribution >= 4 is 5.97 Å². The molecule has 0 aliphatic carbocycles. The van der Waals surface area contributed by atoms with Gasteiger partial charge in [-0.1, -0.05) is 39.5 Å². The summed E-state index contributed by atoms with van der Waals surface area (Å²) in [6.07, 6.45) is 7.01. The van der Waals surface area contributed by atoms with Gasteiger partial charge >= 0.3 is 5.97 Å². The van der Waals surface area contributed by atoms with Gasteiger partial charge in [-0.2, -0.15) is 0 Å². The molecule has 0 bridgehead atoms. The molecule has 0 aromatic heterocycles. The highest BCUT2D eigenvalue weighted by Crippen LogP contribution is 2.16. The number of hydrogen-bond donors (Lipinski definition) is 1. The molecule has 0 spiro atoms. The summed E-state index contributed by atoms with van der Waals surface area (Å²) in [5.74, 6) is -0.0383. The normalized spacial score (nSPS) is 12.5. The summed E-state index contributed by atoms with van der Waals surface area (Å²) in [6, 6.07) is 0. The van der Waals surface area contributed by atoms with E-state index >= 15 is 0 Å². The van der Waals surface area contributed by atoms with Crippen molar-refractivity contribution in [3.8, 4) is 0 Å². The molecule has 0 aromatic rings. The molecule has 15 heavy (non-hydrogen) atoms. The van der Waals surface area contributed by atoms with Crippen LogP contribution in [0.15, 0.2) is 0 Å². The number of hydrogen-bond acceptors (Lipinski definition) is 3. The smallest absolute Gasteiger partial charge is 0.331 e. The lowest BCUT2D eigenvalue weighted by atomic mass is 9.97. The van der Waals surface area contributed by atoms with Gasteiger partial charge in [0.25, 0.3) is 0 Å². The molecule has 0 heterocycles. The summed E-state index contributed by atoms with van der Waals surface area (Å²) in [6.45, 7) is 4.28. The Labute approximate surface area is 92.8 Å². The van der Waals surface area contributed by atoms with E-state index in [0.29, 0.717) is 12.5 Å². The third-order valence-electron chi connectivity index (χ3n) is 2.52. The number of aliphatic hydroxyl groups excluding tert-OH is 1. The molecule has 1 atom stereocenters. The number of unbranched alkanes of at least 4 members (excludes halogenated alkanes) is 2. The van der Waals surface area contributed by atoms with Crippen LogP contribution in [0.5, 0.6) is 0 Å². The number of aliphatic hydroxyl groups is 1. The third-order valence-corrected chi connectivity index (χ3v) is 2.52. The fraction of sp³-hybridized carbons (Fsp3) is 0.917. The van der Waals surface area contributed by atoms with Crippen LogP contribution in [0.1, 0.15) is 52.4 Å². The number of rotatable bonds is 9. The Balaban J connectivity index is 3.66. The Bertz CT molecular complexity index is 157. The fourth-order valence-electron chi connectivity index (χ4n) is 1.66. The van der Waals surface area contributed by atoms with Crippen LogP contribution in [-0.4, -0.2) is 24.3 Å². The summed E-state index contributed by atoms with van der Waals surface area (Å²) in [4.78, 5) is 10.8. The largest absolute Gasteiger partial charge is 0.464 e. The van der Waals surface area contributed by atoms with Gasteiger partial charge in [-0.05, 0) is 18.8 Å². The van der Waals surface area contributed by atoms with E-state index in [1.54, 1.807) is 0 Å². The van der Waals surface area contributed by atoms with Gasteiger partial charge in [-0.3, -0.25) is 0 Å². The highest BCUT2D eigenvalue weighted by atomic mass is 16.5. The van der Waals surface area contributed by atoms with Gasteiger partial charge in [0.2, 0.25) is 0 Å². The fourth-order valence-corrected chi connectivity index (χ4v) is 1.66. The molecule has 0 rings (SSSR count). The van der Waals surface area contributed by atoms with Crippen LogP contribution in [0.2, 0.25) is 0 Å². The molecule has 1 unspecified atom stereocenters. The van der Waals surface area contributed by atoms with Gasteiger partial charge < -0.3 is 9.84 Å². The number of esters is 1. The Hall–Kier alpha value is -0.570. The highest BCUT2D eigenvalue weighted by Gasteiger charge is 2.10. The Morgan fingerprint density at radius 2 is 1.93 bits per heavy atom. The molecule has 0 aliphatic heterocycles. The van der Waals surface area contributed by atoms with Crippen LogP contribution in [0.25, 0.3) is 0 Å². The van der Waals surface area contributed by atoms with Gasteiger partial charge in [-0.15, -0.1) is 0 Å². The molecule has 0 saturated carbocycles. The maximum Gasteiger partial charge on any atom is 0.331 e. The standard InChI is InChI=1S/C12H24O3/c1-3-5-6-8-11(7-4-2)10-15-12(14)9-13/h11,13H,3-10H2,1-2H3. The summed E-state index contributed by atoms with van der Waals surface area (Å²) < 4.78 is 4.95. The SMILES string of the molecule is CCCCCC(CCC)COC(=O)CO. The molecule has 1 N–H and O–H groups in total. The van der Waals surface area contributed by atoms with Crippen LogP contribution < -0.4 is 0 Å². The average molecular weight is 216 g/mol. The van der Waals surface area contributed by atoms with Crippen molar-refractivity contribution in [3.05, 3.63) is 0 Å². The van der Waals surface area contributed by atoms with E-state index in [0.717, 1.165) is 19.3 Å². The molecule has 0 aliphatic rings. The second kappa shape index (κ2) is 9.97. The molecular formula is C12H24O3. The van der Waals surface area contributed by atoms with Gasteiger partial charge in [0.15, 0.2) is 0 Å². The predicted octanol–water partition coefficient (Wildman–Crippen LogP) is 2.52. The molecule has 0 aromatic carbocycles. The van der Waals surface area contributed by atoms with Crippen LogP contribution >= 0.6 is 0 Å². The molecule has 0 fully saturated rings. The zero-order valence-corrected chi connectivity index (χ0v) is 10.00. The molecule has 90 valence electrons. The average Bonchev–Trinajstić information content (AvgIpc) is 2.25. The van der Waals surface area contributed by atoms with Crippen molar-refractivity contribution in [2.24, 2.45) is 5.92 Å². The molecule has 0 radical (unpaired) electrons. The van der Waals surface area contributed by atoms with Crippen molar-refractivity contribution in [3.63, 3.8) is 0 Å². The van der Waals surface area contributed by atoms with Crippen molar-refractivity contribution in [1.29, 1.82) is 0 Å². The van der Waals surface area contributed by atoms with Crippen LogP contribution in [0, 0.1) is 5.92 Å². The first-order valence-electron chi connectivity index (χ1n) is 6.01. The van der Waals surface area contributed by atoms with E-state index in [-0.39, 0.29) is 0 Å². The lowest BCUT2D eigenvalue weighted by Gasteiger charge is -2.15. The summed E-state index contributed by atoms with van der Waals surface area (Å²) >= 11 is 0. The topological polar surface area (TPSA) is 46.5 Å². The predicted molar refractivity (Wildman–Crippen MR) is 60.6 cm³/mol. The van der Waals surface area contributed by atoms with Gasteiger partial charge in [0.1, 0.15) is 6.61 Å². The zero-order valence-electron chi connectivity index (χ0n) is 10.00. The minimum atomic E-state index is -0.508. The summed E-state index contributed by atoms with van der Waals surface area (Å²) in [5, 5.41) is 8.52. The van der Waals surface area contributed by atoms with Crippen molar-refractivity contribution in [1.82, 2.24) is 0 Å². The maximum absolute atomic E-state index is 10.8. The first-order valence-corrected chi connectivity index (χ1v) is 6.01. The monoisotopic (exact) mass is 216 g/mol. The molecule has 3 nitrogen and oxygen atoms in total. The van der Waals surface area contributed by atoms with E-state index in [4.69, 9.17) is 9.84 Å². The lowest BCUT2D eigenvalue weighted by Crippen LogP contribution is -2.16. The van der Waals surface area contributed by atoms with Crippen LogP contribution in [0.4, 0.5) is 0 Å². The zero-order chi connectivity index (χ0) is 11.5. The quantitative estimate of drug-likeness (QED) is 0.476. The first-order chi connectivity index (χ1) is 7.24. The van der Waals surface area contributed by atoms with E-state index < -0.39 is 12.6 Å². The van der Waals surface area contributed by atoms with Crippen LogP contribution in [0.3, 0.4) is 0 Å². The Morgan fingerprint density at radius 1 is 1.20 bits per heavy atom. The second-order valence-electron chi connectivity index (χ2n) is 3.99. The van der Waals surface area contributed by atoms with Crippen molar-refractivity contribution in [2.45, 2.75) is 52.4 Å². The lowest BCUT2D eigenvalue weighted by molar-refractivity contribution is -0.148. The number of carbonyl (C=O) groups is 1. The first kappa shape index (κ1) is 14.4. The highest BCUT2D eigenvalue weighted by molar-refractivity contribution is 5.70.